The Labute approximate surface area is 193 Å². The molecule has 0 aliphatic rings. The van der Waals surface area contributed by atoms with E-state index < -0.39 is 40.5 Å². The Hall–Kier alpha value is -3.24. The summed E-state index contributed by atoms with van der Waals surface area (Å²) in [6.07, 6.45) is 0.450. The van der Waals surface area contributed by atoms with Gasteiger partial charge in [-0.05, 0) is 49.1 Å². The minimum absolute atomic E-state index is 0.0106. The normalized spacial score (nSPS) is 12.2. The van der Waals surface area contributed by atoms with Crippen LogP contribution >= 0.6 is 0 Å². The Morgan fingerprint density at radius 2 is 1.73 bits per heavy atom. The summed E-state index contributed by atoms with van der Waals surface area (Å²) in [6, 6.07) is 12.1. The van der Waals surface area contributed by atoms with Gasteiger partial charge in [0.15, 0.2) is 6.61 Å². The summed E-state index contributed by atoms with van der Waals surface area (Å²) in [5.41, 5.74) is 2.16. The predicted octanol–water partition coefficient (Wildman–Crippen LogP) is 1.30. The van der Waals surface area contributed by atoms with Gasteiger partial charge in [-0.2, -0.15) is 0 Å². The van der Waals surface area contributed by atoms with Crippen molar-refractivity contribution in [1.29, 1.82) is 0 Å². The highest BCUT2D eigenvalue weighted by Crippen LogP contribution is 2.10. The van der Waals surface area contributed by atoms with Crippen molar-refractivity contribution in [2.24, 2.45) is 11.1 Å². The first kappa shape index (κ1) is 26.0. The topological polar surface area (TPSA) is 145 Å². The number of carbonyl (C=O) groups excluding carboxylic acids is 3. The van der Waals surface area contributed by atoms with Crippen LogP contribution in [0, 0.1) is 12.8 Å². The molecule has 0 heterocycles. The van der Waals surface area contributed by atoms with Gasteiger partial charge in [0, 0.05) is 12.1 Å². The molecule has 10 heteroatoms. The second kappa shape index (κ2) is 11.6. The molecule has 2 amide bonds. The Balaban J connectivity index is 1.81. The van der Waals surface area contributed by atoms with Crippen LogP contribution in [-0.4, -0.2) is 45.4 Å². The number of hydrogen-bond donors (Lipinski definition) is 3. The molecule has 0 aliphatic heterocycles. The van der Waals surface area contributed by atoms with Gasteiger partial charge in [0.25, 0.3) is 11.8 Å². The molecule has 0 aromatic heterocycles. The van der Waals surface area contributed by atoms with Crippen LogP contribution in [0.2, 0.25) is 0 Å². The van der Waals surface area contributed by atoms with Crippen LogP contribution in [0.4, 0.5) is 0 Å². The van der Waals surface area contributed by atoms with Gasteiger partial charge >= 0.3 is 5.97 Å². The summed E-state index contributed by atoms with van der Waals surface area (Å²) in [5.74, 6) is -1.82. The van der Waals surface area contributed by atoms with Crippen molar-refractivity contribution >= 4 is 27.8 Å². The number of aryl methyl sites for hydroxylation is 1. The van der Waals surface area contributed by atoms with E-state index in [1.165, 1.54) is 12.1 Å². The summed E-state index contributed by atoms with van der Waals surface area (Å²) in [6.45, 7) is 5.19. The zero-order valence-corrected chi connectivity index (χ0v) is 19.6. The molecule has 9 nitrogen and oxygen atoms in total. The fraction of sp³-hybridized carbons (Fsp3) is 0.348. The number of hydrogen-bond acceptors (Lipinski definition) is 6. The fourth-order valence-electron chi connectivity index (χ4n) is 2.98. The molecule has 0 radical (unpaired) electrons. The molecule has 2 aromatic rings. The Morgan fingerprint density at radius 1 is 1.06 bits per heavy atom. The first-order chi connectivity index (χ1) is 15.5. The second-order valence-electron chi connectivity index (χ2n) is 7.96. The van der Waals surface area contributed by atoms with Crippen molar-refractivity contribution in [3.05, 3.63) is 65.2 Å². The molecule has 4 N–H and O–H groups in total. The Kier molecular flexibility index (Phi) is 9.12. The van der Waals surface area contributed by atoms with Crippen LogP contribution in [0.5, 0.6) is 0 Å². The highest BCUT2D eigenvalue weighted by Gasteiger charge is 2.26. The van der Waals surface area contributed by atoms with Gasteiger partial charge in [0.05, 0.1) is 4.90 Å². The molecule has 2 aromatic carbocycles. The van der Waals surface area contributed by atoms with Gasteiger partial charge in [0.2, 0.25) is 10.0 Å². The van der Waals surface area contributed by atoms with E-state index in [9.17, 15) is 22.8 Å². The summed E-state index contributed by atoms with van der Waals surface area (Å²) in [4.78, 5) is 37.0. The number of nitrogens with one attached hydrogen (secondary N) is 2. The SMILES string of the molecule is Cc1cccc(C(=O)N[C@H](C(=O)OCC(=O)NCCc2ccc(S(N)(=O)=O)cc2)C(C)C)c1. The van der Waals surface area contributed by atoms with Crippen LogP contribution in [0.1, 0.15) is 35.3 Å². The van der Waals surface area contributed by atoms with Gasteiger partial charge in [-0.25, -0.2) is 18.4 Å². The molecular formula is C23H29N3O6S. The molecule has 0 fully saturated rings. The average molecular weight is 476 g/mol. The molecule has 178 valence electrons. The average Bonchev–Trinajstić information content (AvgIpc) is 2.75. The van der Waals surface area contributed by atoms with Gasteiger partial charge in [-0.3, -0.25) is 9.59 Å². The van der Waals surface area contributed by atoms with Crippen molar-refractivity contribution in [3.63, 3.8) is 0 Å². The zero-order chi connectivity index (χ0) is 24.6. The maximum atomic E-state index is 12.5. The van der Waals surface area contributed by atoms with Crippen LogP contribution in [-0.2, 0) is 30.8 Å². The summed E-state index contributed by atoms with van der Waals surface area (Å²) in [5, 5.41) is 10.3. The maximum absolute atomic E-state index is 12.5. The summed E-state index contributed by atoms with van der Waals surface area (Å²) in [7, 11) is -3.75. The number of nitrogens with two attached hydrogens (primary N) is 1. The van der Waals surface area contributed by atoms with Gasteiger partial charge in [-0.1, -0.05) is 43.7 Å². The van der Waals surface area contributed by atoms with Crippen molar-refractivity contribution in [2.45, 2.75) is 38.1 Å². The van der Waals surface area contributed by atoms with Gasteiger partial charge in [-0.15, -0.1) is 0 Å². The molecule has 0 bridgehead atoms. The molecule has 1 atom stereocenters. The monoisotopic (exact) mass is 475 g/mol. The number of carbonyl (C=O) groups is 3. The van der Waals surface area contributed by atoms with Crippen molar-refractivity contribution in [3.8, 4) is 0 Å². The van der Waals surface area contributed by atoms with Crippen LogP contribution in [0.15, 0.2) is 53.4 Å². The van der Waals surface area contributed by atoms with E-state index in [1.54, 1.807) is 44.2 Å². The van der Waals surface area contributed by atoms with Crippen molar-refractivity contribution in [1.82, 2.24) is 10.6 Å². The van der Waals surface area contributed by atoms with Crippen LogP contribution in [0.25, 0.3) is 0 Å². The van der Waals surface area contributed by atoms with Gasteiger partial charge < -0.3 is 15.4 Å². The van der Waals surface area contributed by atoms with E-state index in [0.717, 1.165) is 11.1 Å². The molecular weight excluding hydrogens is 446 g/mol. The van der Waals surface area contributed by atoms with E-state index in [2.05, 4.69) is 10.6 Å². The summed E-state index contributed by atoms with van der Waals surface area (Å²) >= 11 is 0. The number of sulfonamides is 1. The summed E-state index contributed by atoms with van der Waals surface area (Å²) < 4.78 is 27.6. The fourth-order valence-corrected chi connectivity index (χ4v) is 3.49. The van der Waals surface area contributed by atoms with E-state index in [-0.39, 0.29) is 17.4 Å². The lowest BCUT2D eigenvalue weighted by atomic mass is 10.0. The zero-order valence-electron chi connectivity index (χ0n) is 18.8. The molecule has 0 aliphatic carbocycles. The lowest BCUT2D eigenvalue weighted by Crippen LogP contribution is -2.46. The Morgan fingerprint density at radius 3 is 2.30 bits per heavy atom. The highest BCUT2D eigenvalue weighted by molar-refractivity contribution is 7.89. The third kappa shape index (κ3) is 8.32. The standard InChI is InChI=1S/C23H29N3O6S/c1-15(2)21(26-22(28)18-6-4-5-16(3)13-18)23(29)32-14-20(27)25-12-11-17-7-9-19(10-8-17)33(24,30)31/h4-10,13,15,21H,11-12,14H2,1-3H3,(H,25,27)(H,26,28)(H2,24,30,31)/t21-/m0/s1. The smallest absolute Gasteiger partial charge is 0.329 e. The molecule has 2 rings (SSSR count). The Bertz CT molecular complexity index is 1100. The quantitative estimate of drug-likeness (QED) is 0.442. The lowest BCUT2D eigenvalue weighted by Gasteiger charge is -2.21. The van der Waals surface area contributed by atoms with E-state index in [0.29, 0.717) is 12.0 Å². The maximum Gasteiger partial charge on any atom is 0.329 e. The van der Waals surface area contributed by atoms with Crippen molar-refractivity contribution < 1.29 is 27.5 Å². The molecule has 0 spiro atoms. The lowest BCUT2D eigenvalue weighted by molar-refractivity contribution is -0.151. The third-order valence-electron chi connectivity index (χ3n) is 4.82. The molecule has 33 heavy (non-hydrogen) atoms. The highest BCUT2D eigenvalue weighted by atomic mass is 32.2. The molecule has 0 unspecified atom stereocenters. The third-order valence-corrected chi connectivity index (χ3v) is 5.75. The number of esters is 1. The minimum atomic E-state index is -3.75. The molecule has 0 saturated heterocycles. The van der Waals surface area contributed by atoms with E-state index >= 15 is 0 Å². The number of benzene rings is 2. The number of ether oxygens (including phenoxy) is 1. The number of rotatable bonds is 10. The van der Waals surface area contributed by atoms with Crippen LogP contribution < -0.4 is 15.8 Å². The minimum Gasteiger partial charge on any atom is -0.454 e. The van der Waals surface area contributed by atoms with E-state index in [4.69, 9.17) is 9.88 Å². The van der Waals surface area contributed by atoms with Gasteiger partial charge in [0.1, 0.15) is 6.04 Å². The first-order valence-corrected chi connectivity index (χ1v) is 11.9. The predicted molar refractivity (Wildman–Crippen MR) is 123 cm³/mol. The number of amides is 2. The second-order valence-corrected chi connectivity index (χ2v) is 9.52. The number of primary sulfonamides is 1. The first-order valence-electron chi connectivity index (χ1n) is 10.4. The van der Waals surface area contributed by atoms with Crippen LogP contribution in [0.3, 0.4) is 0 Å². The molecule has 0 saturated carbocycles. The van der Waals surface area contributed by atoms with Crippen molar-refractivity contribution in [2.75, 3.05) is 13.2 Å². The largest absolute Gasteiger partial charge is 0.454 e. The van der Waals surface area contributed by atoms with E-state index in [1.807, 2.05) is 13.0 Å².